The van der Waals surface area contributed by atoms with Gasteiger partial charge in [0.05, 0.1) is 24.7 Å². The van der Waals surface area contributed by atoms with Crippen LogP contribution in [-0.4, -0.2) is 64.6 Å². The number of likely N-dealkylation sites (N-methyl/N-ethyl adjacent to an activating group) is 1. The van der Waals surface area contributed by atoms with Gasteiger partial charge in [-0.25, -0.2) is 4.79 Å². The number of nitrogens with one attached hydrogen (secondary N) is 3. The molecule has 3 aromatic rings. The van der Waals surface area contributed by atoms with Gasteiger partial charge in [0.15, 0.2) is 0 Å². The molecule has 0 bridgehead atoms. The quantitative estimate of drug-likeness (QED) is 0.341. The molecule has 0 radical (unpaired) electrons. The Hall–Kier alpha value is -4.67. The van der Waals surface area contributed by atoms with E-state index in [4.69, 9.17) is 0 Å². The number of pyridine rings is 2. The number of amides is 3. The Morgan fingerprint density at radius 3 is 2.69 bits per heavy atom. The second-order valence-corrected chi connectivity index (χ2v) is 9.42. The number of H-pyrrole nitrogens is 1. The molecule has 3 aromatic heterocycles. The fourth-order valence-electron chi connectivity index (χ4n) is 3.84. The van der Waals surface area contributed by atoms with Crippen molar-refractivity contribution in [3.8, 4) is 0 Å². The maximum Gasteiger partial charge on any atom is 0.407 e. The Kier molecular flexibility index (Phi) is 9.80. The monoisotopic (exact) mass is 534 g/mol. The minimum Gasteiger partial charge on any atom is -0.453 e. The van der Waals surface area contributed by atoms with E-state index in [1.54, 1.807) is 38.6 Å². The van der Waals surface area contributed by atoms with Gasteiger partial charge >= 0.3 is 6.09 Å². The van der Waals surface area contributed by atoms with Gasteiger partial charge in [0, 0.05) is 37.7 Å². The van der Waals surface area contributed by atoms with Crippen LogP contribution in [0.1, 0.15) is 37.9 Å². The highest BCUT2D eigenvalue weighted by Gasteiger charge is 2.22. The number of aromatic nitrogens is 3. The predicted molar refractivity (Wildman–Crippen MR) is 150 cm³/mol. The summed E-state index contributed by atoms with van der Waals surface area (Å²) in [5.74, 6) is -0.774. The third-order valence-electron chi connectivity index (χ3n) is 5.79. The number of rotatable bonds is 10. The van der Waals surface area contributed by atoms with Crippen molar-refractivity contribution >= 4 is 40.7 Å². The molecule has 3 heterocycles. The highest BCUT2D eigenvalue weighted by atomic mass is 16.5. The van der Waals surface area contributed by atoms with E-state index in [2.05, 4.69) is 31.4 Å². The van der Waals surface area contributed by atoms with Gasteiger partial charge in [-0.1, -0.05) is 17.7 Å². The van der Waals surface area contributed by atoms with Gasteiger partial charge in [-0.15, -0.1) is 0 Å². The first-order chi connectivity index (χ1) is 18.6. The number of allylic oxidation sites excluding steroid dienone is 2. The van der Waals surface area contributed by atoms with Gasteiger partial charge in [0.2, 0.25) is 11.8 Å². The van der Waals surface area contributed by atoms with Crippen molar-refractivity contribution < 1.29 is 19.1 Å². The molecule has 3 amide bonds. The summed E-state index contributed by atoms with van der Waals surface area (Å²) in [6.45, 7) is 4.27. The first-order valence-corrected chi connectivity index (χ1v) is 12.4. The molecular weight excluding hydrogens is 500 g/mol. The lowest BCUT2D eigenvalue weighted by atomic mass is 10.1. The summed E-state index contributed by atoms with van der Waals surface area (Å²) >= 11 is 0. The van der Waals surface area contributed by atoms with Crippen LogP contribution >= 0.6 is 0 Å². The van der Waals surface area contributed by atoms with Crippen LogP contribution in [0.3, 0.4) is 0 Å². The molecule has 0 saturated heterocycles. The van der Waals surface area contributed by atoms with Gasteiger partial charge in [0.25, 0.3) is 5.56 Å². The van der Waals surface area contributed by atoms with Crippen molar-refractivity contribution in [3.05, 3.63) is 76.0 Å². The SMILES string of the molecule is COC(=O)N[C@@H](CC/C=C/C(=O)N(C)C)C(=O)Nc1cccn(Cc2cc3nccc(C=C(C)C)c3[nH]2)c1=O. The largest absolute Gasteiger partial charge is 0.453 e. The average molecular weight is 535 g/mol. The second kappa shape index (κ2) is 13.2. The average Bonchev–Trinajstić information content (AvgIpc) is 3.31. The zero-order valence-corrected chi connectivity index (χ0v) is 22.8. The Balaban J connectivity index is 1.77. The highest BCUT2D eigenvalue weighted by molar-refractivity contribution is 5.96. The first kappa shape index (κ1) is 28.9. The minimum atomic E-state index is -0.988. The van der Waals surface area contributed by atoms with E-state index in [9.17, 15) is 19.2 Å². The summed E-state index contributed by atoms with van der Waals surface area (Å²) < 4.78 is 6.11. The molecule has 1 atom stereocenters. The minimum absolute atomic E-state index is 0.0666. The third-order valence-corrected chi connectivity index (χ3v) is 5.79. The van der Waals surface area contributed by atoms with Crippen molar-refractivity contribution in [1.82, 2.24) is 24.8 Å². The van der Waals surface area contributed by atoms with Gasteiger partial charge in [-0.05, 0) is 57.0 Å². The fourth-order valence-corrected chi connectivity index (χ4v) is 3.84. The number of aromatic amines is 1. The van der Waals surface area contributed by atoms with Crippen molar-refractivity contribution in [3.63, 3.8) is 0 Å². The Morgan fingerprint density at radius 1 is 1.23 bits per heavy atom. The van der Waals surface area contributed by atoms with Crippen LogP contribution in [0, 0.1) is 0 Å². The molecule has 3 rings (SSSR count). The van der Waals surface area contributed by atoms with Crippen LogP contribution in [0.25, 0.3) is 17.1 Å². The van der Waals surface area contributed by atoms with E-state index < -0.39 is 23.6 Å². The number of ether oxygens (including phenoxy) is 1. The molecule has 0 aliphatic heterocycles. The number of methoxy groups -OCH3 is 1. The van der Waals surface area contributed by atoms with Crippen molar-refractivity contribution in [1.29, 1.82) is 0 Å². The number of fused-ring (bicyclic) bond motifs is 1. The number of hydrogen-bond donors (Lipinski definition) is 3. The number of nitrogens with zero attached hydrogens (tertiary/aromatic N) is 3. The molecule has 0 aliphatic carbocycles. The normalized spacial score (nSPS) is 11.7. The molecule has 11 nitrogen and oxygen atoms in total. The highest BCUT2D eigenvalue weighted by Crippen LogP contribution is 2.20. The summed E-state index contributed by atoms with van der Waals surface area (Å²) in [5.41, 5.74) is 4.26. The zero-order chi connectivity index (χ0) is 28.5. The van der Waals surface area contributed by atoms with Gasteiger partial charge < -0.3 is 29.8 Å². The molecule has 0 unspecified atom stereocenters. The molecule has 0 fully saturated rings. The van der Waals surface area contributed by atoms with Crippen molar-refractivity contribution in [2.24, 2.45) is 0 Å². The van der Waals surface area contributed by atoms with Crippen LogP contribution in [0.4, 0.5) is 10.5 Å². The molecule has 0 saturated carbocycles. The number of hydrogen-bond acceptors (Lipinski definition) is 6. The van der Waals surface area contributed by atoms with Crippen LogP contribution < -0.4 is 16.2 Å². The summed E-state index contributed by atoms with van der Waals surface area (Å²) in [6.07, 6.45) is 8.19. The number of carbonyl (C=O) groups excluding carboxylic acids is 3. The van der Waals surface area contributed by atoms with Gasteiger partial charge in [-0.2, -0.15) is 0 Å². The van der Waals surface area contributed by atoms with E-state index >= 15 is 0 Å². The van der Waals surface area contributed by atoms with Crippen molar-refractivity contribution in [2.45, 2.75) is 39.3 Å². The smallest absolute Gasteiger partial charge is 0.407 e. The lowest BCUT2D eigenvalue weighted by molar-refractivity contribution is -0.123. The van der Waals surface area contributed by atoms with E-state index in [1.165, 1.54) is 28.7 Å². The van der Waals surface area contributed by atoms with Gasteiger partial charge in [0.1, 0.15) is 11.7 Å². The molecule has 0 aromatic carbocycles. The Morgan fingerprint density at radius 2 is 2.00 bits per heavy atom. The lowest BCUT2D eigenvalue weighted by Crippen LogP contribution is -2.44. The third kappa shape index (κ3) is 7.91. The predicted octanol–water partition coefficient (Wildman–Crippen LogP) is 3.28. The first-order valence-electron chi connectivity index (χ1n) is 12.4. The summed E-state index contributed by atoms with van der Waals surface area (Å²) in [5, 5.41) is 5.10. The standard InChI is InChI=1S/C28H34N6O5/c1-18(2)15-19-12-13-29-23-16-20(30-25(19)23)17-34-14-8-10-22(27(34)37)31-26(36)21(32-28(38)39-5)9-6-7-11-24(35)33(3)4/h7-8,10-16,21,30H,6,9,17H2,1-5H3,(H,31,36)(H,32,38)/b11-7+/t21-/m0/s1. The topological polar surface area (TPSA) is 138 Å². The summed E-state index contributed by atoms with van der Waals surface area (Å²) in [4.78, 5) is 58.9. The maximum absolute atomic E-state index is 13.2. The number of anilines is 1. The fraction of sp³-hybridized carbons (Fsp3) is 0.321. The number of alkyl carbamates (subject to hydrolysis) is 1. The molecule has 11 heteroatoms. The van der Waals surface area contributed by atoms with E-state index in [1.807, 2.05) is 26.0 Å². The number of carbonyl (C=O) groups is 3. The van der Waals surface area contributed by atoms with Crippen LogP contribution in [0.15, 0.2) is 59.2 Å². The van der Waals surface area contributed by atoms with Crippen LogP contribution in [0.5, 0.6) is 0 Å². The summed E-state index contributed by atoms with van der Waals surface area (Å²) in [7, 11) is 4.45. The van der Waals surface area contributed by atoms with Crippen LogP contribution in [-0.2, 0) is 20.9 Å². The lowest BCUT2D eigenvalue weighted by Gasteiger charge is -2.17. The molecule has 0 spiro atoms. The van der Waals surface area contributed by atoms with Crippen LogP contribution in [0.2, 0.25) is 0 Å². The molecule has 3 N–H and O–H groups in total. The Labute approximate surface area is 226 Å². The molecule has 206 valence electrons. The van der Waals surface area contributed by atoms with E-state index in [0.29, 0.717) is 6.42 Å². The zero-order valence-electron chi connectivity index (χ0n) is 22.8. The van der Waals surface area contributed by atoms with Crippen molar-refractivity contribution in [2.75, 3.05) is 26.5 Å². The van der Waals surface area contributed by atoms with E-state index in [-0.39, 0.29) is 24.6 Å². The molecular formula is C28H34N6O5. The maximum atomic E-state index is 13.2. The second-order valence-electron chi connectivity index (χ2n) is 9.42. The molecule has 39 heavy (non-hydrogen) atoms. The Bertz CT molecular complexity index is 1460. The van der Waals surface area contributed by atoms with Gasteiger partial charge in [-0.3, -0.25) is 19.4 Å². The summed E-state index contributed by atoms with van der Waals surface area (Å²) in [6, 6.07) is 5.98. The van der Waals surface area contributed by atoms with E-state index in [0.717, 1.165) is 27.9 Å². The molecule has 0 aliphatic rings.